The maximum atomic E-state index is 12.7. The van der Waals surface area contributed by atoms with Gasteiger partial charge in [-0.25, -0.2) is 0 Å². The van der Waals surface area contributed by atoms with Crippen molar-refractivity contribution in [3.8, 4) is 0 Å². The Morgan fingerprint density at radius 3 is 1.21 bits per heavy atom. The Hall–Kier alpha value is -0.390. The van der Waals surface area contributed by atoms with Crippen LogP contribution in [0.4, 0.5) is 22.0 Å². The van der Waals surface area contributed by atoms with Crippen LogP contribution >= 0.6 is 0 Å². The van der Waals surface area contributed by atoms with Crippen molar-refractivity contribution in [3.63, 3.8) is 0 Å². The molecule has 1 nitrogen and oxygen atoms in total. The number of alkyl halides is 5. The lowest BCUT2D eigenvalue weighted by Gasteiger charge is -2.19. The molecule has 0 aliphatic carbocycles. The van der Waals surface area contributed by atoms with Crippen LogP contribution in [0, 0.1) is 0 Å². The van der Waals surface area contributed by atoms with Gasteiger partial charge in [-0.05, 0) is 19.3 Å². The molecule has 0 heterocycles. The molecule has 0 unspecified atom stereocenters. The van der Waals surface area contributed by atoms with Gasteiger partial charge in [-0.3, -0.25) is 0 Å². The summed E-state index contributed by atoms with van der Waals surface area (Å²) in [4.78, 5) is 0. The highest BCUT2D eigenvalue weighted by Crippen LogP contribution is 2.39. The average molecular weight is 431 g/mol. The minimum atomic E-state index is -5.41. The van der Waals surface area contributed by atoms with E-state index in [0.717, 1.165) is 45.3 Å². The smallest absolute Gasteiger partial charge is 0.381 e. The summed E-state index contributed by atoms with van der Waals surface area (Å²) in [5.74, 6) is -4.53. The third kappa shape index (κ3) is 18.1. The van der Waals surface area contributed by atoms with E-state index in [1.807, 2.05) is 0 Å². The summed E-state index contributed by atoms with van der Waals surface area (Å²) < 4.78 is 67.1. The van der Waals surface area contributed by atoms with Gasteiger partial charge >= 0.3 is 12.1 Å². The van der Waals surface area contributed by atoms with Gasteiger partial charge in [0.15, 0.2) is 0 Å². The van der Waals surface area contributed by atoms with Gasteiger partial charge in [0, 0.05) is 19.6 Å². The SMILES string of the molecule is CCCCOCCCCCCCCCCCCCCCCCC(F)(F)C(F)(F)F. The van der Waals surface area contributed by atoms with Crippen molar-refractivity contribution < 1.29 is 26.7 Å². The van der Waals surface area contributed by atoms with Gasteiger partial charge in [-0.2, -0.15) is 22.0 Å². The van der Waals surface area contributed by atoms with Gasteiger partial charge in [0.2, 0.25) is 0 Å². The summed E-state index contributed by atoms with van der Waals surface area (Å²) in [6.07, 6.45) is 11.5. The van der Waals surface area contributed by atoms with E-state index in [1.165, 1.54) is 64.2 Å². The van der Waals surface area contributed by atoms with Gasteiger partial charge in [-0.15, -0.1) is 0 Å². The monoisotopic (exact) mass is 430 g/mol. The van der Waals surface area contributed by atoms with Crippen LogP contribution in [0.15, 0.2) is 0 Å². The summed E-state index contributed by atoms with van der Waals surface area (Å²) in [6, 6.07) is 0. The zero-order valence-corrected chi connectivity index (χ0v) is 18.4. The quantitative estimate of drug-likeness (QED) is 0.130. The molecule has 0 aliphatic rings. The molecule has 0 rings (SSSR count). The Kier molecular flexibility index (Phi) is 18.1. The van der Waals surface area contributed by atoms with E-state index in [9.17, 15) is 22.0 Å². The summed E-state index contributed by atoms with van der Waals surface area (Å²) in [6.45, 7) is 3.98. The van der Waals surface area contributed by atoms with E-state index in [2.05, 4.69) is 6.92 Å². The lowest BCUT2D eigenvalue weighted by Crippen LogP contribution is -2.36. The molecule has 0 saturated carbocycles. The molecular weight excluding hydrogens is 387 g/mol. The summed E-state index contributed by atoms with van der Waals surface area (Å²) >= 11 is 0. The molecule has 0 spiro atoms. The van der Waals surface area contributed by atoms with Gasteiger partial charge in [0.1, 0.15) is 0 Å². The van der Waals surface area contributed by atoms with Gasteiger partial charge < -0.3 is 4.74 Å². The maximum absolute atomic E-state index is 12.7. The van der Waals surface area contributed by atoms with Crippen molar-refractivity contribution in [2.24, 2.45) is 0 Å². The van der Waals surface area contributed by atoms with E-state index in [4.69, 9.17) is 4.74 Å². The minimum Gasteiger partial charge on any atom is -0.381 e. The highest BCUT2D eigenvalue weighted by molar-refractivity contribution is 4.75. The normalized spacial score (nSPS) is 12.6. The van der Waals surface area contributed by atoms with E-state index >= 15 is 0 Å². The number of hydrogen-bond donors (Lipinski definition) is 0. The van der Waals surface area contributed by atoms with Crippen molar-refractivity contribution in [1.29, 1.82) is 0 Å². The maximum Gasteiger partial charge on any atom is 0.453 e. The van der Waals surface area contributed by atoms with Crippen LogP contribution in [0.5, 0.6) is 0 Å². The average Bonchev–Trinajstić information content (AvgIpc) is 2.65. The number of halogens is 5. The van der Waals surface area contributed by atoms with E-state index in [-0.39, 0.29) is 6.42 Å². The minimum absolute atomic E-state index is 0.0572. The number of ether oxygens (including phenoxy) is 1. The fourth-order valence-corrected chi connectivity index (χ4v) is 3.34. The van der Waals surface area contributed by atoms with Crippen LogP contribution in [-0.4, -0.2) is 25.3 Å². The molecular formula is C23H43F5O. The second kappa shape index (κ2) is 18.4. The Balaban J connectivity index is 3.17. The van der Waals surface area contributed by atoms with Gasteiger partial charge in [0.05, 0.1) is 0 Å². The fourth-order valence-electron chi connectivity index (χ4n) is 3.34. The number of unbranched alkanes of at least 4 members (excludes halogenated alkanes) is 15. The molecule has 0 N–H and O–H groups in total. The van der Waals surface area contributed by atoms with Crippen LogP contribution < -0.4 is 0 Å². The molecule has 0 fully saturated rings. The van der Waals surface area contributed by atoms with Crippen molar-refractivity contribution in [2.45, 2.75) is 135 Å². The van der Waals surface area contributed by atoms with E-state index in [0.29, 0.717) is 6.42 Å². The zero-order valence-electron chi connectivity index (χ0n) is 18.4. The van der Waals surface area contributed by atoms with E-state index < -0.39 is 18.5 Å². The number of rotatable bonds is 21. The first-order valence-corrected chi connectivity index (χ1v) is 11.8. The second-order valence-corrected chi connectivity index (χ2v) is 8.22. The van der Waals surface area contributed by atoms with E-state index in [1.54, 1.807) is 0 Å². The largest absolute Gasteiger partial charge is 0.453 e. The van der Waals surface area contributed by atoms with Crippen LogP contribution in [0.1, 0.15) is 122 Å². The lowest BCUT2D eigenvalue weighted by molar-refractivity contribution is -0.284. The molecule has 0 aliphatic heterocycles. The Morgan fingerprint density at radius 2 is 0.828 bits per heavy atom. The molecule has 0 saturated heterocycles. The van der Waals surface area contributed by atoms with Crippen molar-refractivity contribution >= 4 is 0 Å². The molecule has 0 aromatic carbocycles. The highest BCUT2D eigenvalue weighted by atomic mass is 19.4. The molecule has 0 aromatic heterocycles. The molecule has 0 aromatic rings. The van der Waals surface area contributed by atoms with Gasteiger partial charge in [0.25, 0.3) is 0 Å². The second-order valence-electron chi connectivity index (χ2n) is 8.22. The highest BCUT2D eigenvalue weighted by Gasteiger charge is 2.56. The topological polar surface area (TPSA) is 9.23 Å². The van der Waals surface area contributed by atoms with Crippen molar-refractivity contribution in [3.05, 3.63) is 0 Å². The number of hydrogen-bond acceptors (Lipinski definition) is 1. The molecule has 0 amide bonds. The lowest BCUT2D eigenvalue weighted by atomic mass is 10.0. The van der Waals surface area contributed by atoms with Crippen LogP contribution in [0.3, 0.4) is 0 Å². The first-order valence-electron chi connectivity index (χ1n) is 11.8. The Bertz CT molecular complexity index is 345. The van der Waals surface area contributed by atoms with Crippen LogP contribution in [0.2, 0.25) is 0 Å². The molecule has 0 radical (unpaired) electrons. The molecule has 29 heavy (non-hydrogen) atoms. The Morgan fingerprint density at radius 1 is 0.483 bits per heavy atom. The molecule has 6 heteroatoms. The summed E-state index contributed by atoms with van der Waals surface area (Å²) in [5.41, 5.74) is 0. The van der Waals surface area contributed by atoms with Crippen molar-refractivity contribution in [1.82, 2.24) is 0 Å². The van der Waals surface area contributed by atoms with Gasteiger partial charge in [-0.1, -0.05) is 96.8 Å². The molecule has 0 atom stereocenters. The molecule has 0 bridgehead atoms. The van der Waals surface area contributed by atoms with Crippen LogP contribution in [-0.2, 0) is 4.74 Å². The predicted molar refractivity (Wildman–Crippen MR) is 111 cm³/mol. The predicted octanol–water partition coefficient (Wildman–Crippen LogP) is 9.24. The first kappa shape index (κ1) is 28.6. The first-order chi connectivity index (χ1) is 13.8. The zero-order chi connectivity index (χ0) is 21.8. The summed E-state index contributed by atoms with van der Waals surface area (Å²) in [5, 5.41) is 0. The Labute approximate surface area is 175 Å². The molecule has 176 valence electrons. The fraction of sp³-hybridized carbons (Fsp3) is 1.00. The standard InChI is InChI=1S/C23H43F5O/c1-2-3-20-29-21-18-16-14-12-10-8-6-4-5-7-9-11-13-15-17-19-22(24,25)23(26,27)28/h2-21H2,1H3. The third-order valence-electron chi connectivity index (χ3n) is 5.34. The van der Waals surface area contributed by atoms with Crippen LogP contribution in [0.25, 0.3) is 0 Å². The summed E-state index contributed by atoms with van der Waals surface area (Å²) in [7, 11) is 0. The third-order valence-corrected chi connectivity index (χ3v) is 5.34. The van der Waals surface area contributed by atoms with Crippen molar-refractivity contribution in [2.75, 3.05) is 13.2 Å².